The van der Waals surface area contributed by atoms with E-state index < -0.39 is 0 Å². The highest BCUT2D eigenvalue weighted by atomic mass is 14.2. The second-order valence-electron chi connectivity index (χ2n) is 12.5. The summed E-state index contributed by atoms with van der Waals surface area (Å²) < 4.78 is 0. The van der Waals surface area contributed by atoms with Gasteiger partial charge in [0.15, 0.2) is 0 Å². The summed E-state index contributed by atoms with van der Waals surface area (Å²) in [6.45, 7) is 0. The average Bonchev–Trinajstić information content (AvgIpc) is 3.12. The van der Waals surface area contributed by atoms with Crippen LogP contribution in [0.2, 0.25) is 0 Å². The summed E-state index contributed by atoms with van der Waals surface area (Å²) in [7, 11) is 0. The smallest absolute Gasteiger partial charge is 0.00201 e. The van der Waals surface area contributed by atoms with Gasteiger partial charge in [0.1, 0.15) is 0 Å². The van der Waals surface area contributed by atoms with E-state index in [1.54, 1.807) is 0 Å². The molecule has 0 saturated carbocycles. The SMILES string of the molecule is c1ccc2cc3c(ccc4c(-c5c6ccccc6c(-c6ccc7c(ccc8ccccc87)c6)c6ccccc56)cccc43)cc2c1. The highest BCUT2D eigenvalue weighted by Gasteiger charge is 2.18. The molecule has 0 bridgehead atoms. The third-order valence-electron chi connectivity index (χ3n) is 9.98. The molecular weight excluding hydrogens is 553 g/mol. The van der Waals surface area contributed by atoms with Crippen LogP contribution >= 0.6 is 0 Å². The predicted octanol–water partition coefficient (Wildman–Crippen LogP) is 13.1. The first kappa shape index (κ1) is 25.4. The first-order chi connectivity index (χ1) is 22.8. The molecule has 0 heteroatoms. The number of hydrogen-bond donors (Lipinski definition) is 0. The van der Waals surface area contributed by atoms with Crippen molar-refractivity contribution >= 4 is 75.4 Å². The zero-order valence-electron chi connectivity index (χ0n) is 25.2. The molecule has 0 N–H and O–H groups in total. The number of fused-ring (bicyclic) bond motifs is 9. The molecule has 46 heavy (non-hydrogen) atoms. The van der Waals surface area contributed by atoms with Crippen molar-refractivity contribution in [2.75, 3.05) is 0 Å². The Labute approximate surface area is 266 Å². The molecule has 212 valence electrons. The van der Waals surface area contributed by atoms with E-state index in [9.17, 15) is 0 Å². The Morgan fingerprint density at radius 2 is 0.717 bits per heavy atom. The van der Waals surface area contributed by atoms with Gasteiger partial charge in [0, 0.05) is 0 Å². The first-order valence-corrected chi connectivity index (χ1v) is 16.0. The number of hydrogen-bond acceptors (Lipinski definition) is 0. The van der Waals surface area contributed by atoms with Gasteiger partial charge in [0.05, 0.1) is 0 Å². The Balaban J connectivity index is 1.28. The van der Waals surface area contributed by atoms with Crippen molar-refractivity contribution in [3.05, 3.63) is 170 Å². The molecule has 0 nitrogen and oxygen atoms in total. The Bertz CT molecular complexity index is 2800. The van der Waals surface area contributed by atoms with E-state index in [0.717, 1.165) is 0 Å². The third-order valence-corrected chi connectivity index (χ3v) is 9.98. The minimum absolute atomic E-state index is 1.25. The van der Waals surface area contributed by atoms with Gasteiger partial charge in [-0.15, -0.1) is 0 Å². The van der Waals surface area contributed by atoms with Crippen LogP contribution in [0.25, 0.3) is 97.7 Å². The van der Waals surface area contributed by atoms with Gasteiger partial charge in [0.2, 0.25) is 0 Å². The zero-order valence-corrected chi connectivity index (χ0v) is 25.2. The molecule has 0 amide bonds. The standard InChI is InChI=1S/C46H28/c1-2-12-31-28-44-33(26-30(31)11-1)22-25-38-37(44)18-9-19-39(38)46-42-16-7-5-14-40(42)45(41-15-6-8-17-43(41)46)34-23-24-36-32(27-34)21-20-29-10-3-4-13-35(29)36/h1-28H. The summed E-state index contributed by atoms with van der Waals surface area (Å²) in [5.74, 6) is 0. The Morgan fingerprint density at radius 3 is 1.46 bits per heavy atom. The second kappa shape index (κ2) is 9.76. The fourth-order valence-corrected chi connectivity index (χ4v) is 7.90. The van der Waals surface area contributed by atoms with Crippen molar-refractivity contribution in [1.29, 1.82) is 0 Å². The molecule has 0 atom stereocenters. The molecule has 0 fully saturated rings. The Hall–Kier alpha value is -5.98. The van der Waals surface area contributed by atoms with Crippen molar-refractivity contribution < 1.29 is 0 Å². The molecule has 0 aliphatic heterocycles. The van der Waals surface area contributed by atoms with Crippen molar-refractivity contribution in [1.82, 2.24) is 0 Å². The van der Waals surface area contributed by atoms with Crippen LogP contribution in [0.3, 0.4) is 0 Å². The van der Waals surface area contributed by atoms with E-state index in [1.165, 1.54) is 97.7 Å². The van der Waals surface area contributed by atoms with Crippen LogP contribution < -0.4 is 0 Å². The van der Waals surface area contributed by atoms with Gasteiger partial charge < -0.3 is 0 Å². The van der Waals surface area contributed by atoms with Crippen molar-refractivity contribution in [3.8, 4) is 22.3 Å². The normalized spacial score (nSPS) is 11.9. The Morgan fingerprint density at radius 1 is 0.217 bits per heavy atom. The van der Waals surface area contributed by atoms with E-state index in [4.69, 9.17) is 0 Å². The van der Waals surface area contributed by atoms with Gasteiger partial charge in [0.25, 0.3) is 0 Å². The van der Waals surface area contributed by atoms with E-state index >= 15 is 0 Å². The van der Waals surface area contributed by atoms with E-state index in [0.29, 0.717) is 0 Å². The van der Waals surface area contributed by atoms with Crippen LogP contribution in [0.5, 0.6) is 0 Å². The van der Waals surface area contributed by atoms with Gasteiger partial charge in [-0.1, -0.05) is 152 Å². The molecule has 0 saturated heterocycles. The van der Waals surface area contributed by atoms with Crippen molar-refractivity contribution in [3.63, 3.8) is 0 Å². The zero-order chi connectivity index (χ0) is 30.2. The van der Waals surface area contributed by atoms with Gasteiger partial charge >= 0.3 is 0 Å². The maximum absolute atomic E-state index is 2.38. The molecule has 0 radical (unpaired) electrons. The van der Waals surface area contributed by atoms with Crippen LogP contribution in [0.15, 0.2) is 170 Å². The maximum atomic E-state index is 2.38. The summed E-state index contributed by atoms with van der Waals surface area (Å²) in [6, 6.07) is 62.9. The lowest BCUT2D eigenvalue weighted by atomic mass is 9.84. The van der Waals surface area contributed by atoms with E-state index in [2.05, 4.69) is 170 Å². The number of benzene rings is 10. The van der Waals surface area contributed by atoms with Gasteiger partial charge in [-0.25, -0.2) is 0 Å². The first-order valence-electron chi connectivity index (χ1n) is 16.0. The molecule has 0 spiro atoms. The fourth-order valence-electron chi connectivity index (χ4n) is 7.90. The fraction of sp³-hybridized carbons (Fsp3) is 0. The highest BCUT2D eigenvalue weighted by molar-refractivity contribution is 6.25. The molecule has 0 heterocycles. The Kier molecular flexibility index (Phi) is 5.38. The second-order valence-corrected chi connectivity index (χ2v) is 12.5. The van der Waals surface area contributed by atoms with E-state index in [1.807, 2.05) is 0 Å². The topological polar surface area (TPSA) is 0 Å². The molecule has 0 aromatic heterocycles. The van der Waals surface area contributed by atoms with Gasteiger partial charge in [-0.05, 0) is 116 Å². The minimum Gasteiger partial charge on any atom is -0.0616 e. The van der Waals surface area contributed by atoms with Crippen LogP contribution in [-0.2, 0) is 0 Å². The lowest BCUT2D eigenvalue weighted by Gasteiger charge is -2.19. The summed E-state index contributed by atoms with van der Waals surface area (Å²) in [5.41, 5.74) is 5.11. The van der Waals surface area contributed by atoms with Crippen LogP contribution in [0, 0.1) is 0 Å². The lowest BCUT2D eigenvalue weighted by molar-refractivity contribution is 1.69. The largest absolute Gasteiger partial charge is 0.0616 e. The summed E-state index contributed by atoms with van der Waals surface area (Å²) in [5, 5.41) is 17.9. The van der Waals surface area contributed by atoms with Gasteiger partial charge in [-0.3, -0.25) is 0 Å². The summed E-state index contributed by atoms with van der Waals surface area (Å²) in [4.78, 5) is 0. The predicted molar refractivity (Wildman–Crippen MR) is 200 cm³/mol. The molecule has 0 unspecified atom stereocenters. The molecule has 0 aliphatic carbocycles. The third kappa shape index (κ3) is 3.68. The summed E-state index contributed by atoms with van der Waals surface area (Å²) >= 11 is 0. The van der Waals surface area contributed by atoms with Crippen molar-refractivity contribution in [2.45, 2.75) is 0 Å². The number of rotatable bonds is 2. The van der Waals surface area contributed by atoms with E-state index in [-0.39, 0.29) is 0 Å². The maximum Gasteiger partial charge on any atom is -0.00201 e. The molecule has 10 rings (SSSR count). The van der Waals surface area contributed by atoms with Crippen LogP contribution in [-0.4, -0.2) is 0 Å². The molecular formula is C46H28. The quantitative estimate of drug-likeness (QED) is 0.141. The van der Waals surface area contributed by atoms with Crippen LogP contribution in [0.4, 0.5) is 0 Å². The minimum atomic E-state index is 1.25. The van der Waals surface area contributed by atoms with Crippen LogP contribution in [0.1, 0.15) is 0 Å². The van der Waals surface area contributed by atoms with Gasteiger partial charge in [-0.2, -0.15) is 0 Å². The lowest BCUT2D eigenvalue weighted by Crippen LogP contribution is -1.92. The monoisotopic (exact) mass is 580 g/mol. The summed E-state index contributed by atoms with van der Waals surface area (Å²) in [6.07, 6.45) is 0. The average molecular weight is 581 g/mol. The molecule has 0 aliphatic rings. The molecule has 10 aromatic carbocycles. The molecule has 10 aromatic rings. The highest BCUT2D eigenvalue weighted by Crippen LogP contribution is 2.46. The van der Waals surface area contributed by atoms with Crippen molar-refractivity contribution in [2.24, 2.45) is 0 Å².